The van der Waals surface area contributed by atoms with Crippen LogP contribution in [0.1, 0.15) is 112 Å². The summed E-state index contributed by atoms with van der Waals surface area (Å²) in [6.45, 7) is 12.3. The molecule has 0 spiro atoms. The van der Waals surface area contributed by atoms with Crippen LogP contribution in [0.25, 0.3) is 0 Å². The van der Waals surface area contributed by atoms with Gasteiger partial charge in [0.05, 0.1) is 11.7 Å². The van der Waals surface area contributed by atoms with Crippen molar-refractivity contribution in [2.24, 2.45) is 46.3 Å². The average molecular weight is 405 g/mol. The number of aliphatic hydroxyl groups is 2. The molecule has 168 valence electrons. The molecule has 0 aromatic carbocycles. The van der Waals surface area contributed by atoms with E-state index in [1.165, 1.54) is 51.4 Å². The molecule has 29 heavy (non-hydrogen) atoms. The van der Waals surface area contributed by atoms with E-state index in [9.17, 15) is 10.2 Å². The highest BCUT2D eigenvalue weighted by molar-refractivity contribution is 5.14. The van der Waals surface area contributed by atoms with E-state index < -0.39 is 5.60 Å². The van der Waals surface area contributed by atoms with Crippen LogP contribution >= 0.6 is 0 Å². The average Bonchev–Trinajstić information content (AvgIpc) is 2.99. The second kappa shape index (κ2) is 7.80. The Morgan fingerprint density at radius 3 is 2.34 bits per heavy atom. The second-order valence-electron chi connectivity index (χ2n) is 12.8. The summed E-state index contributed by atoms with van der Waals surface area (Å²) in [6.07, 6.45) is 14.1. The third-order valence-electron chi connectivity index (χ3n) is 11.0. The first kappa shape index (κ1) is 22.1. The predicted molar refractivity (Wildman–Crippen MR) is 121 cm³/mol. The smallest absolute Gasteiger partial charge is 0.0728 e. The summed E-state index contributed by atoms with van der Waals surface area (Å²) in [5.41, 5.74) is -0.0719. The molecule has 0 aliphatic heterocycles. The molecule has 0 saturated heterocycles. The van der Waals surface area contributed by atoms with Crippen LogP contribution in [0.15, 0.2) is 0 Å². The summed E-state index contributed by atoms with van der Waals surface area (Å²) in [5.74, 6) is 4.94. The number of hydrogen-bond acceptors (Lipinski definition) is 2. The maximum atomic E-state index is 11.6. The van der Waals surface area contributed by atoms with Crippen molar-refractivity contribution in [2.45, 2.75) is 123 Å². The van der Waals surface area contributed by atoms with E-state index in [1.54, 1.807) is 0 Å². The van der Waals surface area contributed by atoms with E-state index in [1.807, 2.05) is 0 Å². The van der Waals surface area contributed by atoms with Crippen molar-refractivity contribution >= 4 is 0 Å². The Balaban J connectivity index is 1.49. The van der Waals surface area contributed by atoms with Gasteiger partial charge >= 0.3 is 0 Å². The Labute approximate surface area is 180 Å². The quantitative estimate of drug-likeness (QED) is 0.543. The normalized spacial score (nSPS) is 50.7. The lowest BCUT2D eigenvalue weighted by atomic mass is 9.43. The topological polar surface area (TPSA) is 40.5 Å². The molecule has 4 aliphatic rings. The molecule has 4 fully saturated rings. The molecule has 0 bridgehead atoms. The van der Waals surface area contributed by atoms with Crippen LogP contribution < -0.4 is 0 Å². The Kier molecular flexibility index (Phi) is 5.95. The molecule has 0 radical (unpaired) electrons. The van der Waals surface area contributed by atoms with Gasteiger partial charge < -0.3 is 10.2 Å². The van der Waals surface area contributed by atoms with Crippen molar-refractivity contribution < 1.29 is 10.2 Å². The monoisotopic (exact) mass is 404 g/mol. The first-order valence-corrected chi connectivity index (χ1v) is 13.0. The number of hydrogen-bond donors (Lipinski definition) is 2. The van der Waals surface area contributed by atoms with Crippen molar-refractivity contribution in [3.8, 4) is 0 Å². The predicted octanol–water partition coefficient (Wildman–Crippen LogP) is 6.58. The molecule has 0 aromatic rings. The fraction of sp³-hybridized carbons (Fsp3) is 1.00. The Bertz CT molecular complexity index is 587. The summed E-state index contributed by atoms with van der Waals surface area (Å²) in [5, 5.41) is 21.8. The zero-order chi connectivity index (χ0) is 21.0. The van der Waals surface area contributed by atoms with Crippen molar-refractivity contribution in [1.29, 1.82) is 0 Å². The summed E-state index contributed by atoms with van der Waals surface area (Å²) in [4.78, 5) is 0. The lowest BCUT2D eigenvalue weighted by molar-refractivity contribution is -0.220. The van der Waals surface area contributed by atoms with Gasteiger partial charge in [0.1, 0.15) is 0 Å². The fourth-order valence-electron chi connectivity index (χ4n) is 9.25. The Morgan fingerprint density at radius 1 is 0.862 bits per heavy atom. The highest BCUT2D eigenvalue weighted by Gasteiger charge is 2.64. The SMILES string of the molecule is CC(C)CCC[C@@H](C)[C@H]1CC[C@H]2[C@@H]3CC[C@@]4(O)CC(O)CC[C@]4(C)[C@H]3CC[C@]12C. The highest BCUT2D eigenvalue weighted by atomic mass is 16.3. The minimum atomic E-state index is -0.623. The minimum Gasteiger partial charge on any atom is -0.393 e. The molecule has 2 N–H and O–H groups in total. The molecule has 4 saturated carbocycles. The third-order valence-corrected chi connectivity index (χ3v) is 11.0. The molecule has 0 amide bonds. The Morgan fingerprint density at radius 2 is 1.62 bits per heavy atom. The molecular formula is C27H48O2. The molecule has 0 heterocycles. The lowest BCUT2D eigenvalue weighted by Gasteiger charge is -2.64. The van der Waals surface area contributed by atoms with Gasteiger partial charge in [-0.1, -0.05) is 53.9 Å². The molecule has 4 aliphatic carbocycles. The first-order chi connectivity index (χ1) is 13.6. The largest absolute Gasteiger partial charge is 0.393 e. The molecule has 0 aromatic heterocycles. The zero-order valence-corrected chi connectivity index (χ0v) is 19.9. The summed E-state index contributed by atoms with van der Waals surface area (Å²) >= 11 is 0. The first-order valence-electron chi connectivity index (χ1n) is 13.0. The van der Waals surface area contributed by atoms with E-state index in [-0.39, 0.29) is 11.5 Å². The minimum absolute atomic E-state index is 0.0252. The van der Waals surface area contributed by atoms with E-state index in [0.717, 1.165) is 48.9 Å². The molecule has 1 unspecified atom stereocenters. The van der Waals surface area contributed by atoms with Gasteiger partial charge in [-0.25, -0.2) is 0 Å². The van der Waals surface area contributed by atoms with Gasteiger partial charge in [0, 0.05) is 6.42 Å². The van der Waals surface area contributed by atoms with E-state index in [0.29, 0.717) is 17.8 Å². The van der Waals surface area contributed by atoms with E-state index in [2.05, 4.69) is 34.6 Å². The number of fused-ring (bicyclic) bond motifs is 5. The number of rotatable bonds is 5. The highest BCUT2D eigenvalue weighted by Crippen LogP contribution is 2.69. The maximum Gasteiger partial charge on any atom is 0.0728 e. The zero-order valence-electron chi connectivity index (χ0n) is 19.9. The van der Waals surface area contributed by atoms with Crippen molar-refractivity contribution in [2.75, 3.05) is 0 Å². The molecule has 2 nitrogen and oxygen atoms in total. The summed E-state index contributed by atoms with van der Waals surface area (Å²) in [7, 11) is 0. The third kappa shape index (κ3) is 3.53. The standard InChI is InChI=1S/C27H48O2/c1-18(2)7-6-8-19(3)22-9-10-23-21-12-16-27(29)17-20(28)11-15-26(27,5)24(21)13-14-25(22,23)4/h18-24,28-29H,6-17H2,1-5H3/t19-,20?,21+,22-,23+,24+,25-,26-,27-/m1/s1. The van der Waals surface area contributed by atoms with Crippen molar-refractivity contribution in [3.63, 3.8) is 0 Å². The van der Waals surface area contributed by atoms with Crippen molar-refractivity contribution in [1.82, 2.24) is 0 Å². The molecule has 4 rings (SSSR count). The van der Waals surface area contributed by atoms with E-state index >= 15 is 0 Å². The number of aliphatic hydroxyl groups excluding tert-OH is 1. The summed E-state index contributed by atoms with van der Waals surface area (Å²) in [6, 6.07) is 0. The van der Waals surface area contributed by atoms with Crippen LogP contribution in [0.3, 0.4) is 0 Å². The van der Waals surface area contributed by atoms with Crippen molar-refractivity contribution in [3.05, 3.63) is 0 Å². The fourth-order valence-corrected chi connectivity index (χ4v) is 9.25. The van der Waals surface area contributed by atoms with Gasteiger partial charge in [0.15, 0.2) is 0 Å². The molecule has 2 heteroatoms. The van der Waals surface area contributed by atoms with Crippen LogP contribution in [0.5, 0.6) is 0 Å². The van der Waals surface area contributed by atoms with E-state index in [4.69, 9.17) is 0 Å². The Hall–Kier alpha value is -0.0800. The van der Waals surface area contributed by atoms with Gasteiger partial charge in [-0.15, -0.1) is 0 Å². The second-order valence-corrected chi connectivity index (χ2v) is 12.8. The van der Waals surface area contributed by atoms with Crippen LogP contribution in [0.2, 0.25) is 0 Å². The maximum absolute atomic E-state index is 11.6. The lowest BCUT2D eigenvalue weighted by Crippen LogP contribution is -2.62. The van der Waals surface area contributed by atoms with Gasteiger partial charge in [-0.05, 0) is 97.7 Å². The van der Waals surface area contributed by atoms with Gasteiger partial charge in [0.25, 0.3) is 0 Å². The van der Waals surface area contributed by atoms with Crippen LogP contribution in [0, 0.1) is 46.3 Å². The molecule has 9 atom stereocenters. The van der Waals surface area contributed by atoms with Crippen LogP contribution in [-0.4, -0.2) is 21.9 Å². The molecular weight excluding hydrogens is 356 g/mol. The van der Waals surface area contributed by atoms with Crippen LogP contribution in [0.4, 0.5) is 0 Å². The van der Waals surface area contributed by atoms with Gasteiger partial charge in [-0.3, -0.25) is 0 Å². The van der Waals surface area contributed by atoms with Gasteiger partial charge in [-0.2, -0.15) is 0 Å². The van der Waals surface area contributed by atoms with Crippen LogP contribution in [-0.2, 0) is 0 Å². The van der Waals surface area contributed by atoms with Gasteiger partial charge in [0.2, 0.25) is 0 Å². The summed E-state index contributed by atoms with van der Waals surface area (Å²) < 4.78 is 0.